The second-order valence-electron chi connectivity index (χ2n) is 11.9. The zero-order chi connectivity index (χ0) is 32.2. The van der Waals surface area contributed by atoms with Gasteiger partial charge < -0.3 is 24.4 Å². The van der Waals surface area contributed by atoms with Gasteiger partial charge in [-0.3, -0.25) is 19.1 Å². The maximum Gasteiger partial charge on any atom is 0.275 e. The maximum atomic E-state index is 13.9. The number of hydrogen-bond donors (Lipinski definition) is 1. The van der Waals surface area contributed by atoms with E-state index in [2.05, 4.69) is 29.4 Å². The van der Waals surface area contributed by atoms with Gasteiger partial charge in [0.25, 0.3) is 5.91 Å². The van der Waals surface area contributed by atoms with Crippen LogP contribution >= 0.6 is 0 Å². The van der Waals surface area contributed by atoms with E-state index in [1.165, 1.54) is 23.2 Å². The topological polar surface area (TPSA) is 160 Å². The summed E-state index contributed by atoms with van der Waals surface area (Å²) in [6.07, 6.45) is 2.52. The monoisotopic (exact) mass is 635 g/mol. The number of aryl methyl sites for hydroxylation is 3. The largest absolute Gasteiger partial charge is 0.383 e. The smallest absolute Gasteiger partial charge is 0.275 e. The van der Waals surface area contributed by atoms with Crippen LogP contribution in [0.3, 0.4) is 0 Å². The highest BCUT2D eigenvalue weighted by Crippen LogP contribution is 2.29. The molecule has 0 spiro atoms. The van der Waals surface area contributed by atoms with Crippen molar-refractivity contribution in [2.45, 2.75) is 70.7 Å². The summed E-state index contributed by atoms with van der Waals surface area (Å²) < 4.78 is 40.9. The van der Waals surface area contributed by atoms with Crippen LogP contribution in [0.2, 0.25) is 0 Å². The molecule has 1 unspecified atom stereocenters. The van der Waals surface area contributed by atoms with Crippen LogP contribution in [0.5, 0.6) is 0 Å². The molecular weight excluding hydrogens is 590 g/mol. The van der Waals surface area contributed by atoms with Gasteiger partial charge in [-0.15, -0.1) is 0 Å². The van der Waals surface area contributed by atoms with E-state index < -0.39 is 15.9 Å². The number of nitrogens with one attached hydrogen (secondary N) is 1. The second kappa shape index (κ2) is 14.2. The Morgan fingerprint density at radius 2 is 1.86 bits per heavy atom. The average molecular weight is 636 g/mol. The average Bonchev–Trinajstić information content (AvgIpc) is 3.49. The van der Waals surface area contributed by atoms with Gasteiger partial charge in [-0.1, -0.05) is 19.0 Å². The van der Waals surface area contributed by atoms with Crippen molar-refractivity contribution < 1.29 is 32.1 Å². The standard InChI is InChI=1S/C29H45N7O7S/c1-19(2)9-13-36-22-7-8-24-23(17-22)27(31-33(24)5)29(39)34(15-16-42-6)18-25(37)30-11-14-35(12-10-26(36)38)44(40,41)28-20(3)32-43-21(28)4/h19,22H,7-18H2,1-6H3,(H,30,37). The number of amides is 3. The molecule has 2 aliphatic rings. The molecule has 14 nitrogen and oxygen atoms in total. The quantitative estimate of drug-likeness (QED) is 0.447. The van der Waals surface area contributed by atoms with Gasteiger partial charge in [-0.05, 0) is 45.4 Å². The lowest BCUT2D eigenvalue weighted by Crippen LogP contribution is -2.48. The first-order chi connectivity index (χ1) is 20.8. The number of carbonyl (C=O) groups excluding carboxylic acids is 3. The summed E-state index contributed by atoms with van der Waals surface area (Å²) >= 11 is 0. The lowest BCUT2D eigenvalue weighted by molar-refractivity contribution is -0.134. The van der Waals surface area contributed by atoms with Crippen molar-refractivity contribution in [3.05, 3.63) is 28.4 Å². The molecule has 0 fully saturated rings. The SMILES string of the molecule is COCCN1CC(=O)NCCN(S(=O)(=O)c2c(C)noc2C)CCC(=O)N(CCC(C)C)C2CCc3c(c(nn3C)C1=O)C2. The molecule has 2 bridgehead atoms. The van der Waals surface area contributed by atoms with Crippen LogP contribution < -0.4 is 5.32 Å². The minimum absolute atomic E-state index is 0.0272. The number of rotatable bonds is 8. The summed E-state index contributed by atoms with van der Waals surface area (Å²) in [5, 5.41) is 11.1. The maximum absolute atomic E-state index is 13.9. The molecule has 0 saturated carbocycles. The van der Waals surface area contributed by atoms with E-state index >= 15 is 0 Å². The number of fused-ring (bicyclic) bond motifs is 1. The van der Waals surface area contributed by atoms with Crippen LogP contribution in [-0.4, -0.2) is 114 Å². The van der Waals surface area contributed by atoms with Gasteiger partial charge in [0.15, 0.2) is 11.5 Å². The van der Waals surface area contributed by atoms with E-state index in [0.717, 1.165) is 17.7 Å². The molecule has 4 rings (SSSR count). The summed E-state index contributed by atoms with van der Waals surface area (Å²) in [4.78, 5) is 44.0. The number of methoxy groups -OCH3 is 1. The normalized spacial score (nSPS) is 19.6. The summed E-state index contributed by atoms with van der Waals surface area (Å²) in [5.41, 5.74) is 2.24. The predicted octanol–water partition coefficient (Wildman–Crippen LogP) is 1.06. The third-order valence-corrected chi connectivity index (χ3v) is 10.5. The number of sulfonamides is 1. The van der Waals surface area contributed by atoms with Gasteiger partial charge in [0.2, 0.25) is 21.8 Å². The molecule has 44 heavy (non-hydrogen) atoms. The second-order valence-corrected chi connectivity index (χ2v) is 13.8. The van der Waals surface area contributed by atoms with E-state index in [-0.39, 0.29) is 85.7 Å². The zero-order valence-electron chi connectivity index (χ0n) is 26.6. The van der Waals surface area contributed by atoms with Gasteiger partial charge in [0.05, 0.1) is 13.2 Å². The Morgan fingerprint density at radius 3 is 2.52 bits per heavy atom. The minimum Gasteiger partial charge on any atom is -0.383 e. The number of hydrogen-bond acceptors (Lipinski definition) is 9. The number of nitrogens with zero attached hydrogens (tertiary/aromatic N) is 6. The molecular formula is C29H45N7O7S. The molecule has 0 radical (unpaired) electrons. The Kier molecular flexibility index (Phi) is 10.8. The summed E-state index contributed by atoms with van der Waals surface area (Å²) in [7, 11) is -0.773. The van der Waals surface area contributed by atoms with Crippen molar-refractivity contribution in [2.24, 2.45) is 13.0 Å². The molecule has 0 saturated heterocycles. The van der Waals surface area contributed by atoms with Gasteiger partial charge in [-0.2, -0.15) is 9.40 Å². The Labute approximate surface area is 259 Å². The lowest BCUT2D eigenvalue weighted by Gasteiger charge is -2.36. The molecule has 0 aromatic carbocycles. The molecule has 1 atom stereocenters. The Morgan fingerprint density at radius 1 is 1.11 bits per heavy atom. The molecule has 1 aliphatic carbocycles. The molecule has 1 aliphatic heterocycles. The lowest BCUT2D eigenvalue weighted by atomic mass is 9.89. The molecule has 3 heterocycles. The Hall–Kier alpha value is -3.30. The van der Waals surface area contributed by atoms with E-state index in [9.17, 15) is 22.8 Å². The van der Waals surface area contributed by atoms with Crippen molar-refractivity contribution in [1.82, 2.24) is 34.4 Å². The predicted molar refractivity (Wildman–Crippen MR) is 160 cm³/mol. The minimum atomic E-state index is -4.10. The summed E-state index contributed by atoms with van der Waals surface area (Å²) in [5.74, 6) is -0.486. The van der Waals surface area contributed by atoms with Crippen LogP contribution in [0.4, 0.5) is 0 Å². The third kappa shape index (κ3) is 7.32. The van der Waals surface area contributed by atoms with Crippen LogP contribution in [0.25, 0.3) is 0 Å². The fourth-order valence-electron chi connectivity index (χ4n) is 5.96. The highest BCUT2D eigenvalue weighted by molar-refractivity contribution is 7.89. The van der Waals surface area contributed by atoms with Crippen LogP contribution in [-0.2, 0) is 44.2 Å². The van der Waals surface area contributed by atoms with Crippen molar-refractivity contribution in [2.75, 3.05) is 53.0 Å². The van der Waals surface area contributed by atoms with Gasteiger partial charge >= 0.3 is 0 Å². The van der Waals surface area contributed by atoms with Gasteiger partial charge in [0, 0.05) is 70.6 Å². The van der Waals surface area contributed by atoms with E-state index in [0.29, 0.717) is 31.7 Å². The van der Waals surface area contributed by atoms with Crippen LogP contribution in [0.1, 0.15) is 66.3 Å². The first-order valence-corrected chi connectivity index (χ1v) is 16.6. The third-order valence-electron chi connectivity index (χ3n) is 8.35. The summed E-state index contributed by atoms with van der Waals surface area (Å²) in [6, 6.07) is -0.180. The number of carbonyl (C=O) groups is 3. The number of ether oxygens (including phenoxy) is 1. The van der Waals surface area contributed by atoms with Gasteiger partial charge in [0.1, 0.15) is 10.6 Å². The highest BCUT2D eigenvalue weighted by Gasteiger charge is 2.36. The summed E-state index contributed by atoms with van der Waals surface area (Å²) in [6.45, 7) is 7.75. The molecule has 1 N–H and O–H groups in total. The fourth-order valence-corrected chi connectivity index (χ4v) is 7.69. The molecule has 244 valence electrons. The van der Waals surface area contributed by atoms with Gasteiger partial charge in [-0.25, -0.2) is 8.42 Å². The van der Waals surface area contributed by atoms with Crippen molar-refractivity contribution in [1.29, 1.82) is 0 Å². The molecule has 2 aromatic rings. The Balaban J connectivity index is 1.73. The first-order valence-electron chi connectivity index (χ1n) is 15.2. The van der Waals surface area contributed by atoms with Crippen LogP contribution in [0.15, 0.2) is 9.42 Å². The Bertz CT molecular complexity index is 1450. The first kappa shape index (κ1) is 33.6. The number of aromatic nitrogens is 3. The van der Waals surface area contributed by atoms with E-state index in [4.69, 9.17) is 9.26 Å². The van der Waals surface area contributed by atoms with Crippen molar-refractivity contribution in [3.63, 3.8) is 0 Å². The van der Waals surface area contributed by atoms with E-state index in [1.807, 2.05) is 4.90 Å². The van der Waals surface area contributed by atoms with Crippen molar-refractivity contribution in [3.8, 4) is 0 Å². The van der Waals surface area contributed by atoms with Crippen molar-refractivity contribution >= 4 is 27.7 Å². The fraction of sp³-hybridized carbons (Fsp3) is 0.690. The molecule has 2 aromatic heterocycles. The zero-order valence-corrected chi connectivity index (χ0v) is 27.4. The molecule has 15 heteroatoms. The van der Waals surface area contributed by atoms with E-state index in [1.54, 1.807) is 18.7 Å². The van der Waals surface area contributed by atoms with Crippen LogP contribution in [0, 0.1) is 19.8 Å². The highest BCUT2D eigenvalue weighted by atomic mass is 32.2. The molecule has 3 amide bonds.